The highest BCUT2D eigenvalue weighted by Gasteiger charge is 2.23. The molecular weight excluding hydrogens is 434 g/mol. The third-order valence-electron chi connectivity index (χ3n) is 4.88. The van der Waals surface area contributed by atoms with E-state index >= 15 is 0 Å². The average Bonchev–Trinajstić information content (AvgIpc) is 3.23. The molecule has 0 unspecified atom stereocenters. The van der Waals surface area contributed by atoms with Crippen LogP contribution in [-0.2, 0) is 6.54 Å². The summed E-state index contributed by atoms with van der Waals surface area (Å²) in [6.07, 6.45) is 0. The number of pyridine rings is 1. The third-order valence-corrected chi connectivity index (χ3v) is 5.65. The molecule has 0 atom stereocenters. The molecule has 29 heavy (non-hydrogen) atoms. The average molecular weight is 454 g/mol. The number of hydrogen-bond donors (Lipinski definition) is 0. The first-order valence-electron chi connectivity index (χ1n) is 9.18. The van der Waals surface area contributed by atoms with Gasteiger partial charge in [-0.3, -0.25) is 4.79 Å². The number of nitrogens with zero attached hydrogens (tertiary/aromatic N) is 3. The van der Waals surface area contributed by atoms with E-state index < -0.39 is 0 Å². The van der Waals surface area contributed by atoms with E-state index in [-0.39, 0.29) is 5.91 Å². The normalized spacial score (nSPS) is 11.2. The minimum absolute atomic E-state index is 0.126. The summed E-state index contributed by atoms with van der Waals surface area (Å²) >= 11 is 3.54. The van der Waals surface area contributed by atoms with E-state index in [0.29, 0.717) is 34.6 Å². The fourth-order valence-corrected chi connectivity index (χ4v) is 3.86. The van der Waals surface area contributed by atoms with Crippen LogP contribution in [-0.4, -0.2) is 28.0 Å². The molecule has 7 heteroatoms. The van der Waals surface area contributed by atoms with Gasteiger partial charge < -0.3 is 13.8 Å². The summed E-state index contributed by atoms with van der Waals surface area (Å²) in [6, 6.07) is 11.6. The Hall–Kier alpha value is -2.93. The topological polar surface area (TPSA) is 72.4 Å². The van der Waals surface area contributed by atoms with E-state index in [9.17, 15) is 4.79 Å². The minimum Gasteiger partial charge on any atom is -0.466 e. The van der Waals surface area contributed by atoms with Crippen LogP contribution in [0.2, 0.25) is 0 Å². The van der Waals surface area contributed by atoms with E-state index in [1.165, 1.54) is 0 Å². The quantitative estimate of drug-likeness (QED) is 0.411. The lowest BCUT2D eigenvalue weighted by Crippen LogP contribution is -2.26. The summed E-state index contributed by atoms with van der Waals surface area (Å²) in [5.74, 6) is 1.40. The van der Waals surface area contributed by atoms with Crippen molar-refractivity contribution in [2.45, 2.75) is 27.3 Å². The van der Waals surface area contributed by atoms with E-state index in [0.717, 1.165) is 27.1 Å². The Bertz CT molecular complexity index is 1230. The van der Waals surface area contributed by atoms with Crippen LogP contribution in [0.3, 0.4) is 0 Å². The maximum Gasteiger partial charge on any atom is 0.259 e. The molecule has 0 spiro atoms. The minimum atomic E-state index is -0.126. The van der Waals surface area contributed by atoms with Crippen molar-refractivity contribution >= 4 is 32.9 Å². The molecule has 0 saturated heterocycles. The van der Waals surface area contributed by atoms with E-state index in [1.807, 2.05) is 51.1 Å². The van der Waals surface area contributed by atoms with Crippen molar-refractivity contribution in [3.63, 3.8) is 0 Å². The van der Waals surface area contributed by atoms with E-state index in [4.69, 9.17) is 8.94 Å². The molecule has 1 aromatic carbocycles. The standard InChI is InChI=1S/C22H20BrN3O3/c1-12-9-16(14(3)28-12)19-10-17(20-13(2)25-29-21(20)24-19)22(27)26(4)11-15-7-5-6-8-18(15)23/h5-10H,11H2,1-4H3. The maximum absolute atomic E-state index is 13.4. The third kappa shape index (κ3) is 3.58. The largest absolute Gasteiger partial charge is 0.466 e. The molecule has 0 aliphatic heterocycles. The van der Waals surface area contributed by atoms with Gasteiger partial charge in [0.1, 0.15) is 11.5 Å². The lowest BCUT2D eigenvalue weighted by Gasteiger charge is -2.19. The van der Waals surface area contributed by atoms with Crippen LogP contribution in [0.5, 0.6) is 0 Å². The number of carbonyl (C=O) groups is 1. The van der Waals surface area contributed by atoms with Crippen molar-refractivity contribution in [1.82, 2.24) is 15.0 Å². The van der Waals surface area contributed by atoms with Crippen LogP contribution in [0.15, 0.2) is 49.8 Å². The van der Waals surface area contributed by atoms with Crippen LogP contribution >= 0.6 is 15.9 Å². The number of furan rings is 1. The SMILES string of the molecule is Cc1cc(-c2cc(C(=O)N(C)Cc3ccccc3Br)c3c(C)noc3n2)c(C)o1. The number of halogens is 1. The van der Waals surface area contributed by atoms with Gasteiger partial charge in [-0.1, -0.05) is 39.3 Å². The number of carbonyl (C=O) groups excluding carboxylic acids is 1. The second kappa shape index (κ2) is 7.48. The Morgan fingerprint density at radius 3 is 2.62 bits per heavy atom. The summed E-state index contributed by atoms with van der Waals surface area (Å²) < 4.78 is 12.0. The predicted molar refractivity (Wildman–Crippen MR) is 114 cm³/mol. The fourth-order valence-electron chi connectivity index (χ4n) is 3.45. The van der Waals surface area contributed by atoms with Crippen LogP contribution in [0.4, 0.5) is 0 Å². The number of aromatic nitrogens is 2. The molecule has 6 nitrogen and oxygen atoms in total. The van der Waals surface area contributed by atoms with Gasteiger partial charge in [0, 0.05) is 23.6 Å². The van der Waals surface area contributed by atoms with Crippen molar-refractivity contribution in [2.24, 2.45) is 0 Å². The smallest absolute Gasteiger partial charge is 0.259 e. The van der Waals surface area contributed by atoms with Crippen molar-refractivity contribution < 1.29 is 13.7 Å². The lowest BCUT2D eigenvalue weighted by molar-refractivity contribution is 0.0786. The first-order valence-corrected chi connectivity index (χ1v) is 9.97. The molecule has 148 valence electrons. The second-order valence-corrected chi connectivity index (χ2v) is 7.94. The van der Waals surface area contributed by atoms with Crippen molar-refractivity contribution in [3.05, 3.63) is 69.2 Å². The highest BCUT2D eigenvalue weighted by Crippen LogP contribution is 2.31. The Morgan fingerprint density at radius 2 is 1.93 bits per heavy atom. The summed E-state index contributed by atoms with van der Waals surface area (Å²) in [7, 11) is 1.78. The molecule has 0 radical (unpaired) electrons. The number of rotatable bonds is 4. The van der Waals surface area contributed by atoms with Gasteiger partial charge in [-0.25, -0.2) is 4.98 Å². The molecule has 1 amide bonds. The van der Waals surface area contributed by atoms with E-state index in [2.05, 4.69) is 26.1 Å². The zero-order valence-corrected chi connectivity index (χ0v) is 18.2. The molecule has 0 fully saturated rings. The molecule has 0 saturated carbocycles. The molecule has 3 aromatic heterocycles. The zero-order valence-electron chi connectivity index (χ0n) is 16.6. The van der Waals surface area contributed by atoms with Gasteiger partial charge >= 0.3 is 0 Å². The Kier molecular flexibility index (Phi) is 5.00. The highest BCUT2D eigenvalue weighted by molar-refractivity contribution is 9.10. The Balaban J connectivity index is 1.79. The Morgan fingerprint density at radius 1 is 1.17 bits per heavy atom. The molecule has 0 bridgehead atoms. The number of hydrogen-bond acceptors (Lipinski definition) is 5. The fraction of sp³-hybridized carbons (Fsp3) is 0.227. The maximum atomic E-state index is 13.4. The molecule has 4 rings (SSSR count). The summed E-state index contributed by atoms with van der Waals surface area (Å²) in [6.45, 7) is 6.03. The molecule has 0 N–H and O–H groups in total. The zero-order chi connectivity index (χ0) is 20.7. The molecule has 3 heterocycles. The molecule has 0 aliphatic carbocycles. The first kappa shape index (κ1) is 19.4. The summed E-state index contributed by atoms with van der Waals surface area (Å²) in [4.78, 5) is 19.6. The van der Waals surface area contributed by atoms with E-state index in [1.54, 1.807) is 18.0 Å². The highest BCUT2D eigenvalue weighted by atomic mass is 79.9. The summed E-state index contributed by atoms with van der Waals surface area (Å²) in [5.41, 5.74) is 3.98. The van der Waals surface area contributed by atoms with Crippen LogP contribution in [0.25, 0.3) is 22.4 Å². The predicted octanol–water partition coefficient (Wildman–Crippen LogP) is 5.44. The van der Waals surface area contributed by atoms with Crippen molar-refractivity contribution in [1.29, 1.82) is 0 Å². The number of amides is 1. The molecule has 4 aromatic rings. The van der Waals surface area contributed by atoms with Gasteiger partial charge in [0.05, 0.1) is 22.3 Å². The van der Waals surface area contributed by atoms with Crippen molar-refractivity contribution in [3.8, 4) is 11.3 Å². The van der Waals surface area contributed by atoms with Crippen LogP contribution < -0.4 is 0 Å². The summed E-state index contributed by atoms with van der Waals surface area (Å²) in [5, 5.41) is 4.65. The van der Waals surface area contributed by atoms with Gasteiger partial charge in [0.15, 0.2) is 0 Å². The van der Waals surface area contributed by atoms with Gasteiger partial charge in [-0.2, -0.15) is 0 Å². The van der Waals surface area contributed by atoms with Gasteiger partial charge in [0.2, 0.25) is 0 Å². The first-order chi connectivity index (χ1) is 13.8. The number of aryl methyl sites for hydroxylation is 3. The van der Waals surface area contributed by atoms with Crippen LogP contribution in [0.1, 0.15) is 33.1 Å². The van der Waals surface area contributed by atoms with Gasteiger partial charge in [-0.05, 0) is 44.5 Å². The van der Waals surface area contributed by atoms with Crippen LogP contribution in [0, 0.1) is 20.8 Å². The second-order valence-electron chi connectivity index (χ2n) is 7.08. The molecular formula is C22H20BrN3O3. The molecule has 0 aliphatic rings. The van der Waals surface area contributed by atoms with Crippen molar-refractivity contribution in [2.75, 3.05) is 7.05 Å². The van der Waals surface area contributed by atoms with Gasteiger partial charge in [0.25, 0.3) is 11.6 Å². The Labute approximate surface area is 176 Å². The lowest BCUT2D eigenvalue weighted by atomic mass is 10.0. The number of benzene rings is 1. The monoisotopic (exact) mass is 453 g/mol. The van der Waals surface area contributed by atoms with Gasteiger partial charge in [-0.15, -0.1) is 0 Å². The number of fused-ring (bicyclic) bond motifs is 1.